The lowest BCUT2D eigenvalue weighted by Gasteiger charge is -2.05. The molecule has 2 aromatic heterocycles. The SMILES string of the molecule is CN1C(=O)C(c2cn(CCCO)nn2)=C(c2c[nH]c3ccccc23)C1=O. The third-order valence-electron chi connectivity index (χ3n) is 4.49. The van der Waals surface area contributed by atoms with Crippen molar-refractivity contribution in [2.24, 2.45) is 0 Å². The summed E-state index contributed by atoms with van der Waals surface area (Å²) in [5, 5.41) is 17.9. The zero-order chi connectivity index (χ0) is 18.3. The number of carbonyl (C=O) groups excluding carboxylic acids is 2. The molecule has 2 N–H and O–H groups in total. The Kier molecular flexibility index (Phi) is 3.89. The number of aliphatic hydroxyl groups excluding tert-OH is 1. The summed E-state index contributed by atoms with van der Waals surface area (Å²) in [6.07, 6.45) is 3.90. The summed E-state index contributed by atoms with van der Waals surface area (Å²) in [4.78, 5) is 29.7. The fraction of sp³-hybridized carbons (Fsp3) is 0.222. The Labute approximate surface area is 148 Å². The molecule has 132 valence electrons. The van der Waals surface area contributed by atoms with Crippen LogP contribution in [0.15, 0.2) is 36.7 Å². The molecule has 0 radical (unpaired) electrons. The van der Waals surface area contributed by atoms with Gasteiger partial charge in [0, 0.05) is 42.9 Å². The molecule has 1 aliphatic heterocycles. The minimum Gasteiger partial charge on any atom is -0.396 e. The lowest BCUT2D eigenvalue weighted by atomic mass is 9.99. The van der Waals surface area contributed by atoms with Gasteiger partial charge in [0.2, 0.25) is 0 Å². The molecule has 0 saturated heterocycles. The second-order valence-electron chi connectivity index (χ2n) is 6.11. The highest BCUT2D eigenvalue weighted by Crippen LogP contribution is 2.37. The van der Waals surface area contributed by atoms with Crippen molar-refractivity contribution in [3.05, 3.63) is 47.9 Å². The van der Waals surface area contributed by atoms with E-state index in [1.54, 1.807) is 17.1 Å². The number of likely N-dealkylation sites (N-methyl/N-ethyl adjacent to an activating group) is 1. The van der Waals surface area contributed by atoms with E-state index in [9.17, 15) is 9.59 Å². The zero-order valence-corrected chi connectivity index (χ0v) is 14.1. The van der Waals surface area contributed by atoms with Crippen LogP contribution in [0.5, 0.6) is 0 Å². The summed E-state index contributed by atoms with van der Waals surface area (Å²) >= 11 is 0. The summed E-state index contributed by atoms with van der Waals surface area (Å²) in [6, 6.07) is 7.60. The lowest BCUT2D eigenvalue weighted by molar-refractivity contribution is -0.134. The topological polar surface area (TPSA) is 104 Å². The molecule has 4 rings (SSSR count). The highest BCUT2D eigenvalue weighted by atomic mass is 16.3. The number of carbonyl (C=O) groups is 2. The van der Waals surface area contributed by atoms with Gasteiger partial charge in [0.15, 0.2) is 0 Å². The fourth-order valence-corrected chi connectivity index (χ4v) is 3.16. The molecule has 26 heavy (non-hydrogen) atoms. The van der Waals surface area contributed by atoms with Crippen molar-refractivity contribution in [1.82, 2.24) is 24.9 Å². The van der Waals surface area contributed by atoms with Crippen molar-refractivity contribution < 1.29 is 14.7 Å². The molecule has 0 unspecified atom stereocenters. The number of para-hydroxylation sites is 1. The average molecular weight is 351 g/mol. The van der Waals surface area contributed by atoms with Gasteiger partial charge in [-0.25, -0.2) is 0 Å². The van der Waals surface area contributed by atoms with Crippen LogP contribution in [0.3, 0.4) is 0 Å². The van der Waals surface area contributed by atoms with Crippen molar-refractivity contribution in [3.63, 3.8) is 0 Å². The lowest BCUT2D eigenvalue weighted by Crippen LogP contribution is -2.26. The van der Waals surface area contributed by atoms with Gasteiger partial charge in [-0.3, -0.25) is 19.2 Å². The first-order valence-electron chi connectivity index (χ1n) is 8.26. The highest BCUT2D eigenvalue weighted by Gasteiger charge is 2.39. The van der Waals surface area contributed by atoms with Crippen LogP contribution in [0.1, 0.15) is 17.7 Å². The molecule has 8 heteroatoms. The minimum atomic E-state index is -0.399. The van der Waals surface area contributed by atoms with Crippen molar-refractivity contribution in [3.8, 4) is 0 Å². The smallest absolute Gasteiger partial charge is 0.263 e. The normalized spacial score (nSPS) is 14.9. The Morgan fingerprint density at radius 1 is 1.15 bits per heavy atom. The Balaban J connectivity index is 1.88. The number of aliphatic hydroxyl groups is 1. The van der Waals surface area contributed by atoms with Crippen LogP contribution in [-0.4, -0.2) is 55.5 Å². The van der Waals surface area contributed by atoms with Gasteiger partial charge in [-0.15, -0.1) is 5.10 Å². The van der Waals surface area contributed by atoms with E-state index in [1.165, 1.54) is 7.05 Å². The van der Waals surface area contributed by atoms with E-state index in [1.807, 2.05) is 24.3 Å². The number of nitrogens with one attached hydrogen (secondary N) is 1. The Hall–Kier alpha value is -3.26. The molecular formula is C18H17N5O3. The van der Waals surface area contributed by atoms with E-state index < -0.39 is 5.91 Å². The van der Waals surface area contributed by atoms with E-state index in [2.05, 4.69) is 15.3 Å². The number of imide groups is 1. The van der Waals surface area contributed by atoms with Crippen LogP contribution in [0.4, 0.5) is 0 Å². The van der Waals surface area contributed by atoms with Crippen LogP contribution in [0.2, 0.25) is 0 Å². The van der Waals surface area contributed by atoms with E-state index in [0.29, 0.717) is 29.8 Å². The number of aromatic amines is 1. The van der Waals surface area contributed by atoms with Gasteiger partial charge in [-0.05, 0) is 12.5 Å². The minimum absolute atomic E-state index is 0.0403. The van der Waals surface area contributed by atoms with Gasteiger partial charge in [-0.2, -0.15) is 0 Å². The first kappa shape index (κ1) is 16.2. The number of aryl methyl sites for hydroxylation is 1. The van der Waals surface area contributed by atoms with Gasteiger partial charge in [0.1, 0.15) is 5.69 Å². The molecule has 0 spiro atoms. The highest BCUT2D eigenvalue weighted by molar-refractivity contribution is 6.49. The molecule has 3 heterocycles. The number of aromatic nitrogens is 4. The molecule has 2 amide bonds. The first-order chi connectivity index (χ1) is 12.6. The predicted molar refractivity (Wildman–Crippen MR) is 94.6 cm³/mol. The molecule has 1 aromatic carbocycles. The Morgan fingerprint density at radius 3 is 2.73 bits per heavy atom. The van der Waals surface area contributed by atoms with Crippen molar-refractivity contribution >= 4 is 33.9 Å². The van der Waals surface area contributed by atoms with E-state index in [-0.39, 0.29) is 18.1 Å². The van der Waals surface area contributed by atoms with Crippen molar-refractivity contribution in [1.29, 1.82) is 0 Å². The average Bonchev–Trinajstić information content (AvgIpc) is 3.34. The van der Waals surface area contributed by atoms with E-state index >= 15 is 0 Å². The number of nitrogens with zero attached hydrogens (tertiary/aromatic N) is 4. The molecule has 3 aromatic rings. The zero-order valence-electron chi connectivity index (χ0n) is 14.1. The third-order valence-corrected chi connectivity index (χ3v) is 4.49. The maximum atomic E-state index is 12.8. The van der Waals surface area contributed by atoms with Crippen LogP contribution >= 0.6 is 0 Å². The van der Waals surface area contributed by atoms with Crippen LogP contribution in [0.25, 0.3) is 22.0 Å². The monoisotopic (exact) mass is 351 g/mol. The summed E-state index contributed by atoms with van der Waals surface area (Å²) in [5.41, 5.74) is 2.48. The second-order valence-corrected chi connectivity index (χ2v) is 6.11. The number of hydrogen-bond acceptors (Lipinski definition) is 5. The third kappa shape index (κ3) is 2.42. The molecule has 0 bridgehead atoms. The maximum Gasteiger partial charge on any atom is 0.263 e. The van der Waals surface area contributed by atoms with Crippen molar-refractivity contribution in [2.45, 2.75) is 13.0 Å². The second kappa shape index (κ2) is 6.23. The van der Waals surface area contributed by atoms with Gasteiger partial charge in [0.25, 0.3) is 11.8 Å². The van der Waals surface area contributed by atoms with Gasteiger partial charge >= 0.3 is 0 Å². The summed E-state index contributed by atoms with van der Waals surface area (Å²) in [6.45, 7) is 0.524. The Bertz CT molecular complexity index is 1050. The largest absolute Gasteiger partial charge is 0.396 e. The molecular weight excluding hydrogens is 334 g/mol. The number of benzene rings is 1. The quantitative estimate of drug-likeness (QED) is 0.669. The molecule has 0 atom stereocenters. The summed E-state index contributed by atoms with van der Waals surface area (Å²) in [5.74, 6) is -0.760. The fourth-order valence-electron chi connectivity index (χ4n) is 3.16. The Morgan fingerprint density at radius 2 is 1.92 bits per heavy atom. The van der Waals surface area contributed by atoms with E-state index in [4.69, 9.17) is 5.11 Å². The molecule has 0 aliphatic carbocycles. The molecule has 0 fully saturated rings. The first-order valence-corrected chi connectivity index (χ1v) is 8.26. The molecule has 8 nitrogen and oxygen atoms in total. The van der Waals surface area contributed by atoms with E-state index in [0.717, 1.165) is 15.8 Å². The number of amides is 2. The number of rotatable bonds is 5. The maximum absolute atomic E-state index is 12.8. The number of H-pyrrole nitrogens is 1. The predicted octanol–water partition coefficient (Wildman–Crippen LogP) is 1.05. The summed E-state index contributed by atoms with van der Waals surface area (Å²) < 4.78 is 1.56. The molecule has 0 saturated carbocycles. The van der Waals surface area contributed by atoms with Crippen LogP contribution in [0, 0.1) is 0 Å². The summed E-state index contributed by atoms with van der Waals surface area (Å²) in [7, 11) is 1.46. The molecule has 1 aliphatic rings. The van der Waals surface area contributed by atoms with Gasteiger partial charge in [0.05, 0.1) is 17.3 Å². The van der Waals surface area contributed by atoms with Gasteiger partial charge < -0.3 is 10.1 Å². The number of hydrogen-bond donors (Lipinski definition) is 2. The van der Waals surface area contributed by atoms with Crippen LogP contribution < -0.4 is 0 Å². The van der Waals surface area contributed by atoms with Crippen molar-refractivity contribution in [2.75, 3.05) is 13.7 Å². The number of fused-ring (bicyclic) bond motifs is 1. The van der Waals surface area contributed by atoms with Gasteiger partial charge in [-0.1, -0.05) is 23.4 Å². The van der Waals surface area contributed by atoms with Crippen LogP contribution in [-0.2, 0) is 16.1 Å². The standard InChI is InChI=1S/C18H17N5O3/c1-22-17(25)15(12-9-19-13-6-3-2-5-11(12)13)16(18(22)26)14-10-23(21-20-14)7-4-8-24/h2-3,5-6,9-10,19,24H,4,7-8H2,1H3.